The number of carbonyl (C=O) groups is 2. The molecule has 4 rings (SSSR count). The van der Waals surface area contributed by atoms with Gasteiger partial charge in [-0.25, -0.2) is 9.97 Å². The Morgan fingerprint density at radius 3 is 2.52 bits per heavy atom. The summed E-state index contributed by atoms with van der Waals surface area (Å²) in [5, 5.41) is 4.27. The summed E-state index contributed by atoms with van der Waals surface area (Å²) in [6.07, 6.45) is 4.46. The van der Waals surface area contributed by atoms with Crippen LogP contribution in [0.2, 0.25) is 5.02 Å². The van der Waals surface area contributed by atoms with Crippen molar-refractivity contribution in [3.8, 4) is 0 Å². The molecular weight excluding hydrogens is 432 g/mol. The minimum absolute atomic E-state index is 0.0771. The normalized spacial score (nSPS) is 15.9. The highest BCUT2D eigenvalue weighted by atomic mass is 35.5. The predicted molar refractivity (Wildman–Crippen MR) is 124 cm³/mol. The summed E-state index contributed by atoms with van der Waals surface area (Å²) in [7, 11) is 0. The van der Waals surface area contributed by atoms with Gasteiger partial charge in [0.1, 0.15) is 0 Å². The average Bonchev–Trinajstić information content (AvgIpc) is 3.07. The number of amides is 2. The summed E-state index contributed by atoms with van der Waals surface area (Å²) >= 11 is 7.57. The minimum Gasteiger partial charge on any atom is -0.342 e. The second-order valence-corrected chi connectivity index (χ2v) is 9.07. The lowest BCUT2D eigenvalue weighted by molar-refractivity contribution is -0.131. The molecule has 31 heavy (non-hydrogen) atoms. The zero-order valence-corrected chi connectivity index (χ0v) is 19.5. The van der Waals surface area contributed by atoms with Gasteiger partial charge in [-0.3, -0.25) is 9.59 Å². The fourth-order valence-corrected chi connectivity index (χ4v) is 4.95. The molecule has 3 heterocycles. The Hall–Kier alpha value is -2.38. The van der Waals surface area contributed by atoms with Crippen molar-refractivity contribution in [1.82, 2.24) is 14.9 Å². The standard InChI is InChI=1S/C23H25ClN4O2S/c1-13-17(14(2)26-23(25-13)31-3)6-7-20(29)28-10-8-15(9-11-28)21-18-5-4-16(24)12-19(18)27-22(21)30/h4-5,12H,6-11H2,1-3H3,(H,27,30). The molecule has 0 aliphatic carbocycles. The van der Waals surface area contributed by atoms with E-state index in [1.165, 1.54) is 11.8 Å². The lowest BCUT2D eigenvalue weighted by Gasteiger charge is -2.29. The van der Waals surface area contributed by atoms with Crippen molar-refractivity contribution in [1.29, 1.82) is 0 Å². The molecule has 2 aliphatic heterocycles. The van der Waals surface area contributed by atoms with Crippen LogP contribution in [-0.4, -0.2) is 46.0 Å². The van der Waals surface area contributed by atoms with E-state index >= 15 is 0 Å². The fraction of sp³-hybridized carbons (Fsp3) is 0.391. The Kier molecular flexibility index (Phi) is 6.34. The van der Waals surface area contributed by atoms with Crippen molar-refractivity contribution in [2.24, 2.45) is 0 Å². The number of fused-ring (bicyclic) bond motifs is 1. The third-order valence-electron chi connectivity index (χ3n) is 5.97. The summed E-state index contributed by atoms with van der Waals surface area (Å²) in [6.45, 7) is 5.22. The summed E-state index contributed by atoms with van der Waals surface area (Å²) < 4.78 is 0. The molecule has 2 aromatic rings. The second-order valence-electron chi connectivity index (χ2n) is 7.86. The van der Waals surface area contributed by atoms with E-state index in [2.05, 4.69) is 15.3 Å². The lowest BCUT2D eigenvalue weighted by atomic mass is 9.93. The van der Waals surface area contributed by atoms with Crippen LogP contribution in [0.25, 0.3) is 5.57 Å². The predicted octanol–water partition coefficient (Wildman–Crippen LogP) is 4.43. The number of anilines is 1. The largest absolute Gasteiger partial charge is 0.342 e. The van der Waals surface area contributed by atoms with Crippen LogP contribution in [0.3, 0.4) is 0 Å². The summed E-state index contributed by atoms with van der Waals surface area (Å²) in [5.74, 6) is 0.0616. The first kappa shape index (κ1) is 21.8. The van der Waals surface area contributed by atoms with E-state index in [0.29, 0.717) is 43.8 Å². The molecule has 6 nitrogen and oxygen atoms in total. The number of aromatic nitrogens is 2. The molecule has 1 fully saturated rings. The molecular formula is C23H25ClN4O2S. The Labute approximate surface area is 191 Å². The smallest absolute Gasteiger partial charge is 0.256 e. The first-order valence-electron chi connectivity index (χ1n) is 10.4. The third-order valence-corrected chi connectivity index (χ3v) is 6.75. The Morgan fingerprint density at radius 1 is 1.19 bits per heavy atom. The van der Waals surface area contributed by atoms with Crippen LogP contribution >= 0.6 is 23.4 Å². The number of likely N-dealkylation sites (tertiary alicyclic amines) is 1. The highest BCUT2D eigenvalue weighted by molar-refractivity contribution is 7.98. The van der Waals surface area contributed by atoms with E-state index < -0.39 is 0 Å². The Balaban J connectivity index is 1.40. The molecule has 2 amide bonds. The van der Waals surface area contributed by atoms with Gasteiger partial charge < -0.3 is 10.2 Å². The van der Waals surface area contributed by atoms with Crippen LogP contribution in [0.15, 0.2) is 28.9 Å². The monoisotopic (exact) mass is 456 g/mol. The van der Waals surface area contributed by atoms with Crippen LogP contribution in [0.5, 0.6) is 0 Å². The number of rotatable bonds is 4. The van der Waals surface area contributed by atoms with Crippen molar-refractivity contribution in [2.45, 2.75) is 44.7 Å². The Morgan fingerprint density at radius 2 is 1.87 bits per heavy atom. The molecule has 1 aromatic carbocycles. The molecule has 0 spiro atoms. The van der Waals surface area contributed by atoms with Gasteiger partial charge in [-0.15, -0.1) is 0 Å². The van der Waals surface area contributed by atoms with Gasteiger partial charge in [0, 0.05) is 47.1 Å². The highest BCUT2D eigenvalue weighted by Crippen LogP contribution is 2.38. The Bertz CT molecular complexity index is 1070. The lowest BCUT2D eigenvalue weighted by Crippen LogP contribution is -2.37. The van der Waals surface area contributed by atoms with Crippen LogP contribution in [0.4, 0.5) is 5.69 Å². The molecule has 0 unspecified atom stereocenters. The van der Waals surface area contributed by atoms with Crippen molar-refractivity contribution < 1.29 is 9.59 Å². The maximum atomic E-state index is 12.8. The quantitative estimate of drug-likeness (QED) is 0.418. The van der Waals surface area contributed by atoms with Crippen molar-refractivity contribution in [2.75, 3.05) is 24.7 Å². The van der Waals surface area contributed by atoms with Gasteiger partial charge >= 0.3 is 0 Å². The molecule has 0 atom stereocenters. The first-order valence-corrected chi connectivity index (χ1v) is 12.0. The van der Waals surface area contributed by atoms with Crippen LogP contribution in [0.1, 0.15) is 41.8 Å². The van der Waals surface area contributed by atoms with Crippen molar-refractivity contribution >= 4 is 46.4 Å². The number of thioether (sulfide) groups is 1. The van der Waals surface area contributed by atoms with E-state index in [4.69, 9.17) is 11.6 Å². The molecule has 0 bridgehead atoms. The number of nitrogens with zero attached hydrogens (tertiary/aromatic N) is 3. The molecule has 1 saturated heterocycles. The van der Waals surface area contributed by atoms with Gasteiger partial charge in [0.05, 0.1) is 5.69 Å². The number of carbonyl (C=O) groups excluding carboxylic acids is 2. The number of piperidine rings is 1. The number of nitrogens with one attached hydrogen (secondary N) is 1. The molecule has 2 aliphatic rings. The summed E-state index contributed by atoms with van der Waals surface area (Å²) in [4.78, 5) is 36.2. The SMILES string of the molecule is CSc1nc(C)c(CCC(=O)N2CCC(=C3C(=O)Nc4cc(Cl)ccc43)CC2)c(C)n1. The van der Waals surface area contributed by atoms with E-state index in [1.807, 2.05) is 31.1 Å². The fourth-order valence-electron chi connectivity index (χ4n) is 4.32. The third kappa shape index (κ3) is 4.48. The van der Waals surface area contributed by atoms with E-state index in [0.717, 1.165) is 44.5 Å². The zero-order chi connectivity index (χ0) is 22.1. The summed E-state index contributed by atoms with van der Waals surface area (Å²) in [5.41, 5.74) is 6.47. The molecule has 1 N–H and O–H groups in total. The van der Waals surface area contributed by atoms with Gasteiger partial charge in [-0.2, -0.15) is 0 Å². The number of hydrogen-bond donors (Lipinski definition) is 1. The molecule has 0 radical (unpaired) electrons. The maximum Gasteiger partial charge on any atom is 0.256 e. The average molecular weight is 457 g/mol. The van der Waals surface area contributed by atoms with Gasteiger partial charge in [0.15, 0.2) is 5.16 Å². The van der Waals surface area contributed by atoms with Crippen molar-refractivity contribution in [3.05, 3.63) is 51.3 Å². The summed E-state index contributed by atoms with van der Waals surface area (Å²) in [6, 6.07) is 5.48. The van der Waals surface area contributed by atoms with Crippen LogP contribution in [0, 0.1) is 13.8 Å². The topological polar surface area (TPSA) is 75.2 Å². The number of aryl methyl sites for hydroxylation is 2. The van der Waals surface area contributed by atoms with E-state index in [1.54, 1.807) is 12.1 Å². The van der Waals surface area contributed by atoms with Gasteiger partial charge in [-0.05, 0) is 57.1 Å². The minimum atomic E-state index is -0.0771. The van der Waals surface area contributed by atoms with E-state index in [-0.39, 0.29) is 11.8 Å². The van der Waals surface area contributed by atoms with Crippen molar-refractivity contribution in [3.63, 3.8) is 0 Å². The van der Waals surface area contributed by atoms with Gasteiger partial charge in [0.25, 0.3) is 5.91 Å². The molecule has 0 saturated carbocycles. The van der Waals surface area contributed by atoms with E-state index in [9.17, 15) is 9.59 Å². The molecule has 1 aromatic heterocycles. The van der Waals surface area contributed by atoms with Gasteiger partial charge in [0.2, 0.25) is 5.91 Å². The number of hydrogen-bond acceptors (Lipinski definition) is 5. The zero-order valence-electron chi connectivity index (χ0n) is 17.9. The maximum absolute atomic E-state index is 12.8. The molecule has 162 valence electrons. The highest BCUT2D eigenvalue weighted by Gasteiger charge is 2.30. The molecule has 8 heteroatoms. The first-order chi connectivity index (χ1) is 14.9. The van der Waals surface area contributed by atoms with Crippen LogP contribution < -0.4 is 5.32 Å². The second kappa shape index (κ2) is 9.01. The van der Waals surface area contributed by atoms with Crippen LogP contribution in [-0.2, 0) is 16.0 Å². The number of halogens is 1. The number of benzene rings is 1. The van der Waals surface area contributed by atoms with Gasteiger partial charge in [-0.1, -0.05) is 35.0 Å².